The summed E-state index contributed by atoms with van der Waals surface area (Å²) in [5, 5.41) is 9.18. The van der Waals surface area contributed by atoms with Crippen molar-refractivity contribution in [1.29, 1.82) is 5.41 Å². The van der Waals surface area contributed by atoms with Gasteiger partial charge in [-0.1, -0.05) is 13.3 Å². The van der Waals surface area contributed by atoms with Gasteiger partial charge in [0.2, 0.25) is 0 Å². The van der Waals surface area contributed by atoms with E-state index in [9.17, 15) is 4.79 Å². The molecule has 0 aliphatic carbocycles. The molecule has 0 fully saturated rings. The van der Waals surface area contributed by atoms with Crippen LogP contribution in [0.25, 0.3) is 0 Å². The summed E-state index contributed by atoms with van der Waals surface area (Å²) in [6.07, 6.45) is 2.16. The van der Waals surface area contributed by atoms with Gasteiger partial charge in [-0.2, -0.15) is 0 Å². The molecule has 0 aliphatic heterocycles. The molecule has 2 amide bonds. The number of unbranched alkanes of at least 4 members (excludes halogenated alkanes) is 1. The van der Waals surface area contributed by atoms with Crippen LogP contribution in [-0.2, 0) is 4.74 Å². The summed E-state index contributed by atoms with van der Waals surface area (Å²) >= 11 is 1.32. The van der Waals surface area contributed by atoms with Crippen molar-refractivity contribution in [3.63, 3.8) is 0 Å². The second-order valence-corrected chi connectivity index (χ2v) is 3.19. The third-order valence-electron chi connectivity index (χ3n) is 1.20. The molecule has 0 rings (SSSR count). The number of methoxy groups -OCH3 is 1. The van der Waals surface area contributed by atoms with Gasteiger partial charge in [-0.25, -0.2) is 4.79 Å². The minimum absolute atomic E-state index is 0.256. The van der Waals surface area contributed by atoms with E-state index in [2.05, 4.69) is 21.7 Å². The molecule has 0 bridgehead atoms. The van der Waals surface area contributed by atoms with Gasteiger partial charge in [0.25, 0.3) is 6.02 Å². The van der Waals surface area contributed by atoms with Crippen molar-refractivity contribution in [3.8, 4) is 0 Å². The topological polar surface area (TPSA) is 74.2 Å². The first kappa shape index (κ1) is 12.1. The van der Waals surface area contributed by atoms with E-state index < -0.39 is 6.03 Å². The van der Waals surface area contributed by atoms with Gasteiger partial charge in [-0.05, 0) is 18.4 Å². The molecule has 0 aliphatic rings. The van der Waals surface area contributed by atoms with Crippen LogP contribution < -0.4 is 10.0 Å². The predicted molar refractivity (Wildman–Crippen MR) is 53.8 cm³/mol. The number of ether oxygens (including phenoxy) is 1. The number of hydrogen-bond donors (Lipinski definition) is 3. The van der Waals surface area contributed by atoms with Crippen molar-refractivity contribution in [1.82, 2.24) is 10.0 Å². The summed E-state index contributed by atoms with van der Waals surface area (Å²) in [6, 6.07) is -0.679. The zero-order valence-corrected chi connectivity index (χ0v) is 8.66. The van der Waals surface area contributed by atoms with Crippen LogP contribution in [0.2, 0.25) is 0 Å². The van der Waals surface area contributed by atoms with E-state index in [0.717, 1.165) is 18.6 Å². The number of hydrogen-bond acceptors (Lipinski definition) is 4. The monoisotopic (exact) mass is 205 g/mol. The molecule has 6 heteroatoms. The first-order valence-corrected chi connectivity index (χ1v) is 5.00. The highest BCUT2D eigenvalue weighted by Gasteiger charge is 2.02. The molecule has 0 spiro atoms. The zero-order chi connectivity index (χ0) is 10.1. The summed E-state index contributed by atoms with van der Waals surface area (Å²) in [5.74, 6) is 0.879. The number of amidine groups is 1. The van der Waals surface area contributed by atoms with E-state index in [1.165, 1.54) is 19.1 Å². The Bertz CT molecular complexity index is 175. The van der Waals surface area contributed by atoms with Crippen molar-refractivity contribution in [3.05, 3.63) is 0 Å². The van der Waals surface area contributed by atoms with E-state index in [0.29, 0.717) is 0 Å². The van der Waals surface area contributed by atoms with E-state index in [1.54, 1.807) is 0 Å². The highest BCUT2D eigenvalue weighted by molar-refractivity contribution is 7.97. The fourth-order valence-corrected chi connectivity index (χ4v) is 1.23. The molecule has 0 radical (unpaired) electrons. The van der Waals surface area contributed by atoms with Gasteiger partial charge in [0.15, 0.2) is 0 Å². The van der Waals surface area contributed by atoms with Gasteiger partial charge in [-0.3, -0.25) is 15.4 Å². The van der Waals surface area contributed by atoms with Crippen molar-refractivity contribution in [2.24, 2.45) is 0 Å². The summed E-state index contributed by atoms with van der Waals surface area (Å²) in [4.78, 5) is 10.9. The maximum atomic E-state index is 10.9. The Morgan fingerprint density at radius 1 is 1.62 bits per heavy atom. The molecular formula is C7H15N3O2S. The van der Waals surface area contributed by atoms with E-state index in [-0.39, 0.29) is 6.02 Å². The van der Waals surface area contributed by atoms with Gasteiger partial charge in [0.05, 0.1) is 7.11 Å². The first-order chi connectivity index (χ1) is 6.20. The minimum Gasteiger partial charge on any atom is -0.468 e. The van der Waals surface area contributed by atoms with Gasteiger partial charge in [-0.15, -0.1) is 0 Å². The lowest BCUT2D eigenvalue weighted by Crippen LogP contribution is -2.36. The largest absolute Gasteiger partial charge is 0.468 e. The SMILES string of the molecule is CCCCSNC(=O)NC(=N)OC. The highest BCUT2D eigenvalue weighted by Crippen LogP contribution is 1.98. The summed E-state index contributed by atoms with van der Waals surface area (Å²) in [5.41, 5.74) is 0. The second-order valence-electron chi connectivity index (χ2n) is 2.29. The highest BCUT2D eigenvalue weighted by atomic mass is 32.2. The van der Waals surface area contributed by atoms with E-state index in [1.807, 2.05) is 0 Å². The van der Waals surface area contributed by atoms with Crippen molar-refractivity contribution in [2.45, 2.75) is 19.8 Å². The van der Waals surface area contributed by atoms with Crippen LogP contribution in [0.15, 0.2) is 0 Å². The molecule has 0 aromatic rings. The lowest BCUT2D eigenvalue weighted by Gasteiger charge is -2.05. The Labute approximate surface area is 82.2 Å². The number of rotatable bonds is 4. The van der Waals surface area contributed by atoms with Crippen LogP contribution in [0.1, 0.15) is 19.8 Å². The average Bonchev–Trinajstić information content (AvgIpc) is 2.12. The molecule has 0 atom stereocenters. The molecule has 0 aromatic heterocycles. The summed E-state index contributed by atoms with van der Waals surface area (Å²) in [7, 11) is 1.33. The number of nitrogens with one attached hydrogen (secondary N) is 3. The fraction of sp³-hybridized carbons (Fsp3) is 0.714. The Hall–Kier alpha value is -0.910. The van der Waals surface area contributed by atoms with Crippen molar-refractivity contribution >= 4 is 24.0 Å². The Morgan fingerprint density at radius 2 is 2.31 bits per heavy atom. The Kier molecular flexibility index (Phi) is 7.18. The van der Waals surface area contributed by atoms with Gasteiger partial charge < -0.3 is 4.74 Å². The molecule has 13 heavy (non-hydrogen) atoms. The standard InChI is InChI=1S/C7H15N3O2S/c1-3-4-5-13-10-7(11)9-6(8)12-2/h3-5H2,1-2H3,(H3,8,9,10,11). The molecule has 3 N–H and O–H groups in total. The second kappa shape index (κ2) is 7.72. The average molecular weight is 205 g/mol. The quantitative estimate of drug-likeness (QED) is 0.280. The van der Waals surface area contributed by atoms with Gasteiger partial charge in [0, 0.05) is 5.75 Å². The fourth-order valence-electron chi connectivity index (χ4n) is 0.513. The predicted octanol–water partition coefficient (Wildman–Crippen LogP) is 1.32. The van der Waals surface area contributed by atoms with Crippen LogP contribution >= 0.6 is 11.9 Å². The van der Waals surface area contributed by atoms with Crippen LogP contribution in [0, 0.1) is 5.41 Å². The third-order valence-corrected chi connectivity index (χ3v) is 2.02. The molecule has 0 saturated heterocycles. The van der Waals surface area contributed by atoms with Crippen LogP contribution in [0.4, 0.5) is 4.79 Å². The molecule has 0 aromatic carbocycles. The lowest BCUT2D eigenvalue weighted by atomic mass is 10.4. The molecule has 0 heterocycles. The van der Waals surface area contributed by atoms with Crippen LogP contribution in [0.3, 0.4) is 0 Å². The zero-order valence-electron chi connectivity index (χ0n) is 7.85. The number of carbonyl (C=O) groups is 1. The number of carbonyl (C=O) groups excluding carboxylic acids is 1. The minimum atomic E-state index is -0.423. The van der Waals surface area contributed by atoms with Crippen molar-refractivity contribution < 1.29 is 9.53 Å². The third kappa shape index (κ3) is 7.45. The smallest absolute Gasteiger partial charge is 0.332 e. The summed E-state index contributed by atoms with van der Waals surface area (Å²) < 4.78 is 6.98. The van der Waals surface area contributed by atoms with Crippen LogP contribution in [0.5, 0.6) is 0 Å². The van der Waals surface area contributed by atoms with Gasteiger partial charge in [0.1, 0.15) is 0 Å². The Balaban J connectivity index is 3.35. The van der Waals surface area contributed by atoms with Crippen molar-refractivity contribution in [2.75, 3.05) is 12.9 Å². The first-order valence-electron chi connectivity index (χ1n) is 4.02. The maximum absolute atomic E-state index is 10.9. The van der Waals surface area contributed by atoms with E-state index in [4.69, 9.17) is 5.41 Å². The lowest BCUT2D eigenvalue weighted by molar-refractivity contribution is 0.247. The number of amides is 2. The number of urea groups is 1. The van der Waals surface area contributed by atoms with Crippen LogP contribution in [-0.4, -0.2) is 24.9 Å². The molecular weight excluding hydrogens is 190 g/mol. The molecule has 0 saturated carbocycles. The van der Waals surface area contributed by atoms with Gasteiger partial charge >= 0.3 is 6.03 Å². The van der Waals surface area contributed by atoms with E-state index >= 15 is 0 Å². The molecule has 5 nitrogen and oxygen atoms in total. The maximum Gasteiger partial charge on any atom is 0.332 e. The Morgan fingerprint density at radius 3 is 2.85 bits per heavy atom. The molecule has 76 valence electrons. The normalized spacial score (nSPS) is 9.08. The molecule has 0 unspecified atom stereocenters. The summed E-state index contributed by atoms with van der Waals surface area (Å²) in [6.45, 7) is 2.08.